The molecular weight excluding hydrogens is 317 g/mol. The van der Waals surface area contributed by atoms with E-state index in [0.29, 0.717) is 6.54 Å². The van der Waals surface area contributed by atoms with Crippen LogP contribution in [0.5, 0.6) is 0 Å². The molecule has 2 aromatic carbocycles. The quantitative estimate of drug-likeness (QED) is 0.820. The zero-order valence-corrected chi connectivity index (χ0v) is 12.1. The predicted octanol–water partition coefficient (Wildman–Crippen LogP) is 5.16. The molecule has 1 nitrogen and oxygen atoms in total. The number of anilines is 1. The summed E-state index contributed by atoms with van der Waals surface area (Å²) in [7, 11) is 0. The van der Waals surface area contributed by atoms with Gasteiger partial charge in [0.2, 0.25) is 0 Å². The van der Waals surface area contributed by atoms with Gasteiger partial charge < -0.3 is 5.32 Å². The van der Waals surface area contributed by atoms with E-state index in [1.165, 1.54) is 6.07 Å². The van der Waals surface area contributed by atoms with E-state index in [1.54, 1.807) is 6.07 Å². The average Bonchev–Trinajstić information content (AvgIpc) is 2.29. The molecule has 0 aliphatic carbocycles. The van der Waals surface area contributed by atoms with Crippen LogP contribution in [0.15, 0.2) is 40.9 Å². The van der Waals surface area contributed by atoms with Gasteiger partial charge in [-0.1, -0.05) is 33.6 Å². The number of hydrogen-bond acceptors (Lipinski definition) is 1. The summed E-state index contributed by atoms with van der Waals surface area (Å²) in [5.41, 5.74) is 3.01. The molecule has 0 radical (unpaired) electrons. The van der Waals surface area contributed by atoms with Gasteiger partial charge in [0.05, 0.1) is 5.02 Å². The van der Waals surface area contributed by atoms with Crippen molar-refractivity contribution >= 4 is 33.2 Å². The van der Waals surface area contributed by atoms with Crippen LogP contribution >= 0.6 is 27.5 Å². The van der Waals surface area contributed by atoms with Crippen LogP contribution in [0.4, 0.5) is 10.1 Å². The topological polar surface area (TPSA) is 12.0 Å². The molecule has 0 heterocycles. The molecule has 0 bridgehead atoms. The molecule has 0 aliphatic rings. The second-order valence-corrected chi connectivity index (χ2v) is 5.44. The molecule has 0 amide bonds. The molecule has 0 unspecified atom stereocenters. The molecule has 0 aliphatic heterocycles. The monoisotopic (exact) mass is 327 g/mol. The minimum Gasteiger partial charge on any atom is -0.381 e. The van der Waals surface area contributed by atoms with E-state index in [-0.39, 0.29) is 10.8 Å². The lowest BCUT2D eigenvalue weighted by Gasteiger charge is -2.08. The summed E-state index contributed by atoms with van der Waals surface area (Å²) in [4.78, 5) is 0. The maximum atomic E-state index is 13.3. The van der Waals surface area contributed by atoms with Gasteiger partial charge in [-0.25, -0.2) is 4.39 Å². The minimum absolute atomic E-state index is 0.150. The Morgan fingerprint density at radius 1 is 1.22 bits per heavy atom. The third kappa shape index (κ3) is 3.47. The van der Waals surface area contributed by atoms with Gasteiger partial charge in [-0.05, 0) is 48.4 Å². The Morgan fingerprint density at radius 3 is 2.67 bits per heavy atom. The van der Waals surface area contributed by atoms with Gasteiger partial charge in [-0.3, -0.25) is 0 Å². The van der Waals surface area contributed by atoms with Crippen molar-refractivity contribution in [3.8, 4) is 0 Å². The first-order valence-corrected chi connectivity index (χ1v) is 6.67. The number of aryl methyl sites for hydroxylation is 1. The lowest BCUT2D eigenvalue weighted by molar-refractivity contribution is 0.626. The highest BCUT2D eigenvalue weighted by atomic mass is 79.9. The summed E-state index contributed by atoms with van der Waals surface area (Å²) in [6.07, 6.45) is 0. The summed E-state index contributed by atoms with van der Waals surface area (Å²) >= 11 is 9.08. The van der Waals surface area contributed by atoms with Crippen LogP contribution in [-0.4, -0.2) is 0 Å². The molecule has 0 atom stereocenters. The molecule has 18 heavy (non-hydrogen) atoms. The number of rotatable bonds is 3. The summed E-state index contributed by atoms with van der Waals surface area (Å²) < 4.78 is 14.3. The fraction of sp³-hybridized carbons (Fsp3) is 0.143. The standard InChI is InChI=1S/C14H12BrClFN/c1-9-4-11(15)7-12(5-9)18-8-10-2-3-13(16)14(17)6-10/h2-7,18H,8H2,1H3. The highest BCUT2D eigenvalue weighted by molar-refractivity contribution is 9.10. The van der Waals surface area contributed by atoms with E-state index in [4.69, 9.17) is 11.6 Å². The van der Waals surface area contributed by atoms with E-state index < -0.39 is 0 Å². The Morgan fingerprint density at radius 2 is 2.00 bits per heavy atom. The van der Waals surface area contributed by atoms with Crippen molar-refractivity contribution in [1.29, 1.82) is 0 Å². The second kappa shape index (κ2) is 5.72. The zero-order chi connectivity index (χ0) is 13.1. The van der Waals surface area contributed by atoms with Crippen molar-refractivity contribution in [3.63, 3.8) is 0 Å². The smallest absolute Gasteiger partial charge is 0.142 e. The maximum Gasteiger partial charge on any atom is 0.142 e. The summed E-state index contributed by atoms with van der Waals surface area (Å²) in [6, 6.07) is 10.9. The van der Waals surface area contributed by atoms with E-state index in [0.717, 1.165) is 21.3 Å². The van der Waals surface area contributed by atoms with Crippen molar-refractivity contribution in [2.24, 2.45) is 0 Å². The van der Waals surface area contributed by atoms with Crippen molar-refractivity contribution in [2.75, 3.05) is 5.32 Å². The van der Waals surface area contributed by atoms with Gasteiger partial charge in [0.15, 0.2) is 0 Å². The van der Waals surface area contributed by atoms with E-state index in [1.807, 2.05) is 31.2 Å². The molecule has 4 heteroatoms. The van der Waals surface area contributed by atoms with Gasteiger partial charge in [-0.15, -0.1) is 0 Å². The first-order chi connectivity index (χ1) is 8.54. The highest BCUT2D eigenvalue weighted by Gasteiger charge is 2.01. The first kappa shape index (κ1) is 13.4. The Balaban J connectivity index is 2.08. The maximum absolute atomic E-state index is 13.3. The second-order valence-electron chi connectivity index (χ2n) is 4.12. The van der Waals surface area contributed by atoms with Crippen LogP contribution in [0.2, 0.25) is 5.02 Å². The largest absolute Gasteiger partial charge is 0.381 e. The van der Waals surface area contributed by atoms with Gasteiger partial charge in [-0.2, -0.15) is 0 Å². The highest BCUT2D eigenvalue weighted by Crippen LogP contribution is 2.20. The molecular formula is C14H12BrClFN. The zero-order valence-electron chi connectivity index (χ0n) is 9.81. The molecule has 94 valence electrons. The predicted molar refractivity (Wildman–Crippen MR) is 77.6 cm³/mol. The van der Waals surface area contributed by atoms with E-state index >= 15 is 0 Å². The molecule has 0 saturated carbocycles. The van der Waals surface area contributed by atoms with Crippen LogP contribution in [0, 0.1) is 12.7 Å². The lowest BCUT2D eigenvalue weighted by atomic mass is 10.2. The van der Waals surface area contributed by atoms with Crippen LogP contribution in [-0.2, 0) is 6.54 Å². The van der Waals surface area contributed by atoms with Gasteiger partial charge >= 0.3 is 0 Å². The van der Waals surface area contributed by atoms with Crippen molar-refractivity contribution < 1.29 is 4.39 Å². The summed E-state index contributed by atoms with van der Waals surface area (Å²) in [5, 5.41) is 3.40. The Kier molecular flexibility index (Phi) is 4.25. The van der Waals surface area contributed by atoms with E-state index in [9.17, 15) is 4.39 Å². The van der Waals surface area contributed by atoms with Crippen molar-refractivity contribution in [3.05, 3.63) is 62.8 Å². The number of halogens is 3. The van der Waals surface area contributed by atoms with Crippen molar-refractivity contribution in [2.45, 2.75) is 13.5 Å². The van der Waals surface area contributed by atoms with Gasteiger partial charge in [0.1, 0.15) is 5.82 Å². The Bertz CT molecular complexity index is 551. The molecule has 0 aromatic heterocycles. The third-order valence-corrected chi connectivity index (χ3v) is 3.29. The van der Waals surface area contributed by atoms with Gasteiger partial charge in [0, 0.05) is 16.7 Å². The first-order valence-electron chi connectivity index (χ1n) is 5.49. The molecule has 0 spiro atoms. The summed E-state index contributed by atoms with van der Waals surface area (Å²) in [6.45, 7) is 2.59. The normalized spacial score (nSPS) is 10.4. The third-order valence-electron chi connectivity index (χ3n) is 2.52. The van der Waals surface area contributed by atoms with Crippen LogP contribution < -0.4 is 5.32 Å². The minimum atomic E-state index is -0.388. The van der Waals surface area contributed by atoms with Crippen LogP contribution in [0.3, 0.4) is 0 Å². The molecule has 1 N–H and O–H groups in total. The fourth-order valence-corrected chi connectivity index (χ4v) is 2.42. The van der Waals surface area contributed by atoms with Crippen LogP contribution in [0.1, 0.15) is 11.1 Å². The number of hydrogen-bond donors (Lipinski definition) is 1. The Labute approximate surface area is 119 Å². The Hall–Kier alpha value is -1.06. The molecule has 0 fully saturated rings. The molecule has 0 saturated heterocycles. The molecule has 2 aromatic rings. The number of nitrogens with one attached hydrogen (secondary N) is 1. The molecule has 2 rings (SSSR count). The lowest BCUT2D eigenvalue weighted by Crippen LogP contribution is -2.00. The fourth-order valence-electron chi connectivity index (χ4n) is 1.69. The average molecular weight is 329 g/mol. The van der Waals surface area contributed by atoms with Crippen molar-refractivity contribution in [1.82, 2.24) is 0 Å². The van der Waals surface area contributed by atoms with Crippen LogP contribution in [0.25, 0.3) is 0 Å². The van der Waals surface area contributed by atoms with E-state index in [2.05, 4.69) is 21.2 Å². The van der Waals surface area contributed by atoms with Gasteiger partial charge in [0.25, 0.3) is 0 Å². The summed E-state index contributed by atoms with van der Waals surface area (Å²) in [5.74, 6) is -0.388. The number of benzene rings is 2. The SMILES string of the molecule is Cc1cc(Br)cc(NCc2ccc(Cl)c(F)c2)c1.